The van der Waals surface area contributed by atoms with Gasteiger partial charge in [0.1, 0.15) is 0 Å². The quantitative estimate of drug-likeness (QED) is 0.408. The summed E-state index contributed by atoms with van der Waals surface area (Å²) in [6, 6.07) is 17.0. The van der Waals surface area contributed by atoms with Crippen molar-refractivity contribution in [2.24, 2.45) is 5.92 Å². The van der Waals surface area contributed by atoms with Crippen LogP contribution in [0.25, 0.3) is 0 Å². The van der Waals surface area contributed by atoms with Crippen LogP contribution in [0.4, 0.5) is 24.5 Å². The number of fused-ring (bicyclic) bond motifs is 3. The molecule has 0 saturated carbocycles. The van der Waals surface area contributed by atoms with E-state index < -0.39 is 27.8 Å². The van der Waals surface area contributed by atoms with Crippen molar-refractivity contribution in [3.63, 3.8) is 0 Å². The van der Waals surface area contributed by atoms with Gasteiger partial charge in [0.05, 0.1) is 22.2 Å². The van der Waals surface area contributed by atoms with Crippen LogP contribution < -0.4 is 10.0 Å². The maximum Gasteiger partial charge on any atom is 0.416 e. The summed E-state index contributed by atoms with van der Waals surface area (Å²) in [5.41, 5.74) is 2.27. The number of nitrogens with one attached hydrogen (secondary N) is 2. The highest BCUT2D eigenvalue weighted by atomic mass is 32.2. The zero-order valence-corrected chi connectivity index (χ0v) is 19.1. The highest BCUT2D eigenvalue weighted by Crippen LogP contribution is 2.51. The van der Waals surface area contributed by atoms with Crippen molar-refractivity contribution in [1.82, 2.24) is 0 Å². The van der Waals surface area contributed by atoms with Gasteiger partial charge in [-0.25, -0.2) is 8.42 Å². The minimum Gasteiger partial charge on any atom is -0.378 e. The Hall–Kier alpha value is -3.26. The Morgan fingerprint density at radius 1 is 0.971 bits per heavy atom. The number of hydrogen-bond acceptors (Lipinski definition) is 3. The van der Waals surface area contributed by atoms with E-state index in [0.717, 1.165) is 17.2 Å². The zero-order chi connectivity index (χ0) is 24.1. The van der Waals surface area contributed by atoms with Crippen LogP contribution in [0, 0.1) is 12.8 Å². The largest absolute Gasteiger partial charge is 0.416 e. The summed E-state index contributed by atoms with van der Waals surface area (Å²) >= 11 is 0. The van der Waals surface area contributed by atoms with Gasteiger partial charge >= 0.3 is 6.18 Å². The number of benzene rings is 3. The second-order valence-corrected chi connectivity index (χ2v) is 10.4. The number of halogens is 3. The minimum atomic E-state index is -4.46. The van der Waals surface area contributed by atoms with E-state index >= 15 is 0 Å². The molecule has 1 heterocycles. The number of alkyl halides is 3. The fourth-order valence-corrected chi connectivity index (χ4v) is 6.13. The highest BCUT2D eigenvalue weighted by molar-refractivity contribution is 7.92. The van der Waals surface area contributed by atoms with Gasteiger partial charge in [-0.3, -0.25) is 4.72 Å². The average Bonchev–Trinajstić information content (AvgIpc) is 3.29. The molecule has 0 bridgehead atoms. The van der Waals surface area contributed by atoms with Crippen LogP contribution in [0.3, 0.4) is 0 Å². The lowest BCUT2D eigenvalue weighted by molar-refractivity contribution is -0.138. The van der Waals surface area contributed by atoms with E-state index in [1.165, 1.54) is 18.2 Å². The van der Waals surface area contributed by atoms with Gasteiger partial charge in [0.25, 0.3) is 10.0 Å². The molecule has 3 aromatic carbocycles. The standard InChI is InChI=1S/C26H23F3N2O2S/c1-16-7-2-5-12-23(16)31-34(32,33)17-13-14-24-21(15-17)18-9-6-10-19(18)25(30-24)20-8-3-4-11-22(20)26(27,28)29/h2-9,11-15,18-19,25,30-31H,10H2,1H3/t18-,19+,25-/m0/s1. The summed E-state index contributed by atoms with van der Waals surface area (Å²) in [5.74, 6) is -0.338. The van der Waals surface area contributed by atoms with E-state index in [0.29, 0.717) is 17.8 Å². The van der Waals surface area contributed by atoms with E-state index in [4.69, 9.17) is 0 Å². The molecule has 2 aliphatic rings. The molecule has 0 spiro atoms. The second kappa shape index (κ2) is 8.20. The molecule has 0 amide bonds. The predicted molar refractivity (Wildman–Crippen MR) is 126 cm³/mol. The molecule has 0 radical (unpaired) electrons. The molecule has 0 fully saturated rings. The fraction of sp³-hybridized carbons (Fsp3) is 0.231. The third kappa shape index (κ3) is 3.96. The SMILES string of the molecule is Cc1ccccc1NS(=O)(=O)c1ccc2c(c1)[C@H]1C=CC[C@H]1[C@@H](c1ccccc1C(F)(F)F)N2. The molecular weight excluding hydrogens is 461 g/mol. The van der Waals surface area contributed by atoms with Crippen LogP contribution in [-0.2, 0) is 16.2 Å². The zero-order valence-electron chi connectivity index (χ0n) is 18.3. The Balaban J connectivity index is 1.52. The summed E-state index contributed by atoms with van der Waals surface area (Å²) in [7, 11) is -3.84. The summed E-state index contributed by atoms with van der Waals surface area (Å²) in [5, 5.41) is 3.28. The van der Waals surface area contributed by atoms with Gasteiger partial charge < -0.3 is 5.32 Å². The molecule has 4 nitrogen and oxygen atoms in total. The Morgan fingerprint density at radius 2 is 1.71 bits per heavy atom. The maximum absolute atomic E-state index is 13.7. The van der Waals surface area contributed by atoms with Crippen molar-refractivity contribution in [3.05, 3.63) is 101 Å². The Bertz CT molecular complexity index is 1380. The summed E-state index contributed by atoms with van der Waals surface area (Å²) in [6.45, 7) is 1.82. The van der Waals surface area contributed by atoms with Crippen molar-refractivity contribution in [2.45, 2.75) is 36.4 Å². The van der Waals surface area contributed by atoms with Crippen molar-refractivity contribution in [2.75, 3.05) is 10.0 Å². The molecule has 1 aliphatic heterocycles. The first kappa shape index (κ1) is 22.5. The van der Waals surface area contributed by atoms with Gasteiger partial charge in [0.2, 0.25) is 0 Å². The van der Waals surface area contributed by atoms with E-state index in [1.54, 1.807) is 30.3 Å². The van der Waals surface area contributed by atoms with Gasteiger partial charge in [-0.15, -0.1) is 0 Å². The molecule has 34 heavy (non-hydrogen) atoms. The number of hydrogen-bond donors (Lipinski definition) is 2. The number of sulfonamides is 1. The monoisotopic (exact) mass is 484 g/mol. The van der Waals surface area contributed by atoms with Crippen LogP contribution in [-0.4, -0.2) is 8.42 Å². The van der Waals surface area contributed by atoms with Gasteiger partial charge in [0.15, 0.2) is 0 Å². The molecule has 0 unspecified atom stereocenters. The van der Waals surface area contributed by atoms with Crippen molar-refractivity contribution < 1.29 is 21.6 Å². The Kier molecular flexibility index (Phi) is 5.43. The maximum atomic E-state index is 13.7. The van der Waals surface area contributed by atoms with Crippen molar-refractivity contribution in [3.8, 4) is 0 Å². The Morgan fingerprint density at radius 3 is 2.47 bits per heavy atom. The van der Waals surface area contributed by atoms with Crippen molar-refractivity contribution >= 4 is 21.4 Å². The van der Waals surface area contributed by atoms with E-state index in [-0.39, 0.29) is 22.3 Å². The highest BCUT2D eigenvalue weighted by Gasteiger charge is 2.42. The smallest absolute Gasteiger partial charge is 0.378 e. The minimum absolute atomic E-state index is 0.115. The number of anilines is 2. The normalized spacial score (nSPS) is 21.5. The molecule has 0 aromatic heterocycles. The van der Waals surface area contributed by atoms with Crippen molar-refractivity contribution in [1.29, 1.82) is 0 Å². The van der Waals surface area contributed by atoms with Gasteiger partial charge in [-0.05, 0) is 66.3 Å². The topological polar surface area (TPSA) is 58.2 Å². The molecule has 2 N–H and O–H groups in total. The molecular formula is C26H23F3N2O2S. The lowest BCUT2D eigenvalue weighted by Crippen LogP contribution is -2.31. The van der Waals surface area contributed by atoms with Gasteiger partial charge in [-0.1, -0.05) is 48.6 Å². The van der Waals surface area contributed by atoms with E-state index in [2.05, 4.69) is 10.0 Å². The first-order valence-electron chi connectivity index (χ1n) is 11.0. The van der Waals surface area contributed by atoms with Gasteiger partial charge in [0, 0.05) is 11.6 Å². The van der Waals surface area contributed by atoms with Crippen LogP contribution in [0.5, 0.6) is 0 Å². The van der Waals surface area contributed by atoms with Crippen LogP contribution in [0.1, 0.15) is 40.6 Å². The number of allylic oxidation sites excluding steroid dienone is 2. The molecule has 8 heteroatoms. The fourth-order valence-electron chi connectivity index (χ4n) is 4.96. The molecule has 0 saturated heterocycles. The number of rotatable bonds is 4. The van der Waals surface area contributed by atoms with Crippen LogP contribution in [0.2, 0.25) is 0 Å². The number of para-hydroxylation sites is 1. The molecule has 5 rings (SSSR count). The van der Waals surface area contributed by atoms with E-state index in [9.17, 15) is 21.6 Å². The first-order chi connectivity index (χ1) is 16.1. The van der Waals surface area contributed by atoms with Crippen LogP contribution >= 0.6 is 0 Å². The van der Waals surface area contributed by atoms with Crippen LogP contribution in [0.15, 0.2) is 83.8 Å². The molecule has 3 aromatic rings. The summed E-state index contributed by atoms with van der Waals surface area (Å²) in [4.78, 5) is 0.115. The third-order valence-corrected chi connectivity index (χ3v) is 8.00. The lowest BCUT2D eigenvalue weighted by atomic mass is 9.76. The Labute approximate surface area is 196 Å². The summed E-state index contributed by atoms with van der Waals surface area (Å²) in [6.07, 6.45) is 0.0758. The number of aryl methyl sites for hydroxylation is 1. The van der Waals surface area contributed by atoms with E-state index in [1.807, 2.05) is 31.2 Å². The molecule has 3 atom stereocenters. The lowest BCUT2D eigenvalue weighted by Gasteiger charge is -2.38. The molecule has 176 valence electrons. The predicted octanol–water partition coefficient (Wildman–Crippen LogP) is 6.64. The third-order valence-electron chi connectivity index (χ3n) is 6.64. The van der Waals surface area contributed by atoms with Gasteiger partial charge in [-0.2, -0.15) is 13.2 Å². The molecule has 1 aliphatic carbocycles. The second-order valence-electron chi connectivity index (χ2n) is 8.73. The first-order valence-corrected chi connectivity index (χ1v) is 12.5. The average molecular weight is 485 g/mol. The summed E-state index contributed by atoms with van der Waals surface area (Å²) < 4.78 is 70.0.